The Morgan fingerprint density at radius 1 is 1.04 bits per heavy atom. The predicted octanol–water partition coefficient (Wildman–Crippen LogP) is 2.42. The molecule has 146 valence electrons. The van der Waals surface area contributed by atoms with Gasteiger partial charge in [-0.1, -0.05) is 6.07 Å². The van der Waals surface area contributed by atoms with E-state index in [1.54, 1.807) is 0 Å². The molecule has 1 aromatic heterocycles. The average molecular weight is 378 g/mol. The third-order valence-corrected chi connectivity index (χ3v) is 5.37. The van der Waals surface area contributed by atoms with E-state index in [9.17, 15) is 4.79 Å². The highest BCUT2D eigenvalue weighted by atomic mass is 16.1. The number of aromatic amines is 1. The zero-order valence-corrected chi connectivity index (χ0v) is 16.4. The highest BCUT2D eigenvalue weighted by Crippen LogP contribution is 2.18. The molecule has 1 aliphatic rings. The molecule has 1 aliphatic heterocycles. The normalized spacial score (nSPS) is 15.3. The number of carbonyl (C=O) groups is 1. The number of fused-ring (bicyclic) bond motifs is 1. The first-order valence-electron chi connectivity index (χ1n) is 9.77. The van der Waals surface area contributed by atoms with Crippen LogP contribution in [0.3, 0.4) is 0 Å². The van der Waals surface area contributed by atoms with Crippen molar-refractivity contribution in [1.82, 2.24) is 25.6 Å². The van der Waals surface area contributed by atoms with Gasteiger partial charge in [-0.25, -0.2) is 0 Å². The molecule has 0 radical (unpaired) electrons. The van der Waals surface area contributed by atoms with Gasteiger partial charge in [0.05, 0.1) is 0 Å². The second-order valence-corrected chi connectivity index (χ2v) is 7.49. The van der Waals surface area contributed by atoms with Gasteiger partial charge in [0.25, 0.3) is 5.91 Å². The zero-order valence-electron chi connectivity index (χ0n) is 16.4. The van der Waals surface area contributed by atoms with Gasteiger partial charge in [0.1, 0.15) is 11.0 Å². The third-order valence-electron chi connectivity index (χ3n) is 5.37. The Balaban J connectivity index is 1.33. The fraction of sp³-hybridized carbons (Fsp3) is 0.381. The molecule has 2 aromatic carbocycles. The number of H-pyrrole nitrogens is 1. The molecule has 1 amide bonds. The summed E-state index contributed by atoms with van der Waals surface area (Å²) in [4.78, 5) is 17.3. The molecule has 1 saturated heterocycles. The van der Waals surface area contributed by atoms with Crippen LogP contribution in [0.25, 0.3) is 11.0 Å². The van der Waals surface area contributed by atoms with Gasteiger partial charge in [0, 0.05) is 50.0 Å². The second kappa shape index (κ2) is 7.98. The molecule has 1 fully saturated rings. The van der Waals surface area contributed by atoms with Crippen LogP contribution in [0.5, 0.6) is 0 Å². The van der Waals surface area contributed by atoms with Crippen molar-refractivity contribution in [1.29, 1.82) is 0 Å². The summed E-state index contributed by atoms with van der Waals surface area (Å²) < 4.78 is 0. The molecular weight excluding hydrogens is 352 g/mol. The van der Waals surface area contributed by atoms with Crippen LogP contribution in [-0.2, 0) is 6.54 Å². The first-order chi connectivity index (χ1) is 13.6. The van der Waals surface area contributed by atoms with Crippen LogP contribution in [-0.4, -0.2) is 58.4 Å². The van der Waals surface area contributed by atoms with E-state index >= 15 is 0 Å². The van der Waals surface area contributed by atoms with Crippen molar-refractivity contribution in [2.45, 2.75) is 26.4 Å². The number of hydrogen-bond acceptors (Lipinski definition) is 5. The van der Waals surface area contributed by atoms with Crippen molar-refractivity contribution in [2.24, 2.45) is 0 Å². The SMILES string of the molecule is CC(C)N1CCN(c2ccc(C(=O)NCc3ccc4n[nH]nc4c3)cc2)CC1. The van der Waals surface area contributed by atoms with Crippen LogP contribution >= 0.6 is 0 Å². The van der Waals surface area contributed by atoms with Gasteiger partial charge in [-0.05, 0) is 55.8 Å². The van der Waals surface area contributed by atoms with E-state index in [0.717, 1.165) is 42.8 Å². The van der Waals surface area contributed by atoms with Crippen LogP contribution in [0.2, 0.25) is 0 Å². The van der Waals surface area contributed by atoms with E-state index in [2.05, 4.69) is 44.4 Å². The van der Waals surface area contributed by atoms with E-state index in [1.165, 1.54) is 5.69 Å². The topological polar surface area (TPSA) is 77.1 Å². The number of anilines is 1. The molecule has 0 saturated carbocycles. The van der Waals surface area contributed by atoms with E-state index in [1.807, 2.05) is 42.5 Å². The molecule has 0 unspecified atom stereocenters. The molecule has 0 atom stereocenters. The molecule has 0 aliphatic carbocycles. The second-order valence-electron chi connectivity index (χ2n) is 7.49. The van der Waals surface area contributed by atoms with Gasteiger partial charge < -0.3 is 10.2 Å². The number of amides is 1. The van der Waals surface area contributed by atoms with Gasteiger partial charge >= 0.3 is 0 Å². The maximum Gasteiger partial charge on any atom is 0.251 e. The quantitative estimate of drug-likeness (QED) is 0.713. The minimum absolute atomic E-state index is 0.0728. The molecule has 2 heterocycles. The number of nitrogens with zero attached hydrogens (tertiary/aromatic N) is 4. The first-order valence-corrected chi connectivity index (χ1v) is 9.77. The molecule has 3 aromatic rings. The third kappa shape index (κ3) is 3.99. The molecule has 4 rings (SSSR count). The van der Waals surface area contributed by atoms with Crippen molar-refractivity contribution >= 4 is 22.6 Å². The Kier molecular flexibility index (Phi) is 5.25. The fourth-order valence-corrected chi connectivity index (χ4v) is 3.60. The number of carbonyl (C=O) groups excluding carboxylic acids is 1. The van der Waals surface area contributed by atoms with Crippen molar-refractivity contribution < 1.29 is 4.79 Å². The molecule has 7 heteroatoms. The number of piperazine rings is 1. The summed E-state index contributed by atoms with van der Waals surface area (Å²) in [5, 5.41) is 13.7. The van der Waals surface area contributed by atoms with Crippen LogP contribution in [0, 0.1) is 0 Å². The maximum absolute atomic E-state index is 12.5. The summed E-state index contributed by atoms with van der Waals surface area (Å²) in [6.45, 7) is 9.15. The molecule has 28 heavy (non-hydrogen) atoms. The Bertz CT molecular complexity index is 941. The van der Waals surface area contributed by atoms with Crippen molar-refractivity contribution in [3.8, 4) is 0 Å². The lowest BCUT2D eigenvalue weighted by Gasteiger charge is -2.38. The van der Waals surface area contributed by atoms with Crippen molar-refractivity contribution in [3.63, 3.8) is 0 Å². The lowest BCUT2D eigenvalue weighted by Crippen LogP contribution is -2.48. The minimum atomic E-state index is -0.0728. The zero-order chi connectivity index (χ0) is 19.5. The van der Waals surface area contributed by atoms with Gasteiger partial charge in [0.15, 0.2) is 0 Å². The Morgan fingerprint density at radius 3 is 2.46 bits per heavy atom. The minimum Gasteiger partial charge on any atom is -0.369 e. The van der Waals surface area contributed by atoms with Crippen LogP contribution < -0.4 is 10.2 Å². The standard InChI is InChI=1S/C21H26N6O/c1-15(2)26-9-11-27(12-10-26)18-6-4-17(5-7-18)21(28)22-14-16-3-8-19-20(13-16)24-25-23-19/h3-8,13,15H,9-12,14H2,1-2H3,(H,22,28)(H,23,24,25). The number of rotatable bonds is 5. The van der Waals surface area contributed by atoms with Gasteiger partial charge in [-0.15, -0.1) is 0 Å². The fourth-order valence-electron chi connectivity index (χ4n) is 3.60. The van der Waals surface area contributed by atoms with E-state index in [-0.39, 0.29) is 5.91 Å². The van der Waals surface area contributed by atoms with Gasteiger partial charge in [-0.3, -0.25) is 9.69 Å². The van der Waals surface area contributed by atoms with Gasteiger partial charge in [0.2, 0.25) is 0 Å². The average Bonchev–Trinajstić information content (AvgIpc) is 3.20. The number of aromatic nitrogens is 3. The number of benzene rings is 2. The highest BCUT2D eigenvalue weighted by molar-refractivity contribution is 5.94. The molecule has 7 nitrogen and oxygen atoms in total. The predicted molar refractivity (Wildman–Crippen MR) is 110 cm³/mol. The Hall–Kier alpha value is -2.93. The summed E-state index contributed by atoms with van der Waals surface area (Å²) in [6.07, 6.45) is 0. The molecule has 0 bridgehead atoms. The largest absolute Gasteiger partial charge is 0.369 e. The van der Waals surface area contributed by atoms with Crippen LogP contribution in [0.1, 0.15) is 29.8 Å². The summed E-state index contributed by atoms with van der Waals surface area (Å²) in [6, 6.07) is 14.3. The first kappa shape index (κ1) is 18.4. The van der Waals surface area contributed by atoms with Crippen molar-refractivity contribution in [3.05, 3.63) is 53.6 Å². The Morgan fingerprint density at radius 2 is 1.75 bits per heavy atom. The van der Waals surface area contributed by atoms with E-state index in [0.29, 0.717) is 18.2 Å². The molecule has 0 spiro atoms. The summed E-state index contributed by atoms with van der Waals surface area (Å²) in [5.74, 6) is -0.0728. The lowest BCUT2D eigenvalue weighted by atomic mass is 10.1. The van der Waals surface area contributed by atoms with Crippen LogP contribution in [0.4, 0.5) is 5.69 Å². The summed E-state index contributed by atoms with van der Waals surface area (Å²) in [7, 11) is 0. The smallest absolute Gasteiger partial charge is 0.251 e. The van der Waals surface area contributed by atoms with E-state index < -0.39 is 0 Å². The highest BCUT2D eigenvalue weighted by Gasteiger charge is 2.19. The van der Waals surface area contributed by atoms with E-state index in [4.69, 9.17) is 0 Å². The Labute approximate surface area is 164 Å². The lowest BCUT2D eigenvalue weighted by molar-refractivity contribution is 0.0951. The summed E-state index contributed by atoms with van der Waals surface area (Å²) in [5.41, 5.74) is 4.46. The van der Waals surface area contributed by atoms with Crippen molar-refractivity contribution in [2.75, 3.05) is 31.1 Å². The molecular formula is C21H26N6O. The monoisotopic (exact) mass is 378 g/mol. The van der Waals surface area contributed by atoms with Gasteiger partial charge in [-0.2, -0.15) is 15.4 Å². The number of nitrogens with one attached hydrogen (secondary N) is 2. The maximum atomic E-state index is 12.5. The van der Waals surface area contributed by atoms with Crippen LogP contribution in [0.15, 0.2) is 42.5 Å². The number of hydrogen-bond donors (Lipinski definition) is 2. The summed E-state index contributed by atoms with van der Waals surface area (Å²) >= 11 is 0. The molecule has 2 N–H and O–H groups in total.